The molecule has 0 bridgehead atoms. The van der Waals surface area contributed by atoms with E-state index in [-0.39, 0.29) is 18.9 Å². The number of fused-ring (bicyclic) bond motifs is 3. The lowest BCUT2D eigenvalue weighted by atomic mass is 9.98. The second-order valence-corrected chi connectivity index (χ2v) is 8.12. The average Bonchev–Trinajstić information content (AvgIpc) is 3.12. The van der Waals surface area contributed by atoms with Crippen molar-refractivity contribution in [1.82, 2.24) is 10.6 Å². The first-order valence-electron chi connectivity index (χ1n) is 10.7. The number of hydrogen-bond donors (Lipinski definition) is 4. The van der Waals surface area contributed by atoms with Crippen LogP contribution in [0.25, 0.3) is 11.1 Å². The van der Waals surface area contributed by atoms with E-state index in [4.69, 9.17) is 9.84 Å². The molecule has 2 amide bonds. The molecule has 174 valence electrons. The molecule has 0 spiro atoms. The second-order valence-electron chi connectivity index (χ2n) is 8.12. The first-order chi connectivity index (χ1) is 15.8. The van der Waals surface area contributed by atoms with Gasteiger partial charge in [-0.3, -0.25) is 4.79 Å². The van der Waals surface area contributed by atoms with Crippen molar-refractivity contribution >= 4 is 18.0 Å². The zero-order valence-corrected chi connectivity index (χ0v) is 18.6. The molecule has 0 saturated carbocycles. The van der Waals surface area contributed by atoms with Gasteiger partial charge in [-0.2, -0.15) is 0 Å². The van der Waals surface area contributed by atoms with Gasteiger partial charge in [-0.25, -0.2) is 9.59 Å². The van der Waals surface area contributed by atoms with Gasteiger partial charge in [-0.05, 0) is 42.5 Å². The number of allylic oxidation sites excluding steroid dienone is 1. The van der Waals surface area contributed by atoms with Crippen molar-refractivity contribution in [2.75, 3.05) is 13.2 Å². The van der Waals surface area contributed by atoms with E-state index in [0.717, 1.165) is 27.8 Å². The maximum atomic E-state index is 12.6. The van der Waals surface area contributed by atoms with Gasteiger partial charge in [0, 0.05) is 5.92 Å². The Balaban J connectivity index is 1.68. The third-order valence-corrected chi connectivity index (χ3v) is 5.51. The molecule has 0 heterocycles. The molecule has 1 aliphatic rings. The fourth-order valence-corrected chi connectivity index (χ4v) is 3.83. The number of hydrogen-bond acceptors (Lipinski definition) is 5. The van der Waals surface area contributed by atoms with Crippen molar-refractivity contribution in [3.63, 3.8) is 0 Å². The van der Waals surface area contributed by atoms with E-state index in [9.17, 15) is 19.5 Å². The Morgan fingerprint density at radius 2 is 1.55 bits per heavy atom. The number of aliphatic hydroxyl groups is 1. The fourth-order valence-electron chi connectivity index (χ4n) is 3.83. The highest BCUT2D eigenvalue weighted by Crippen LogP contribution is 2.44. The molecular formula is C25H28N2O6. The highest BCUT2D eigenvalue weighted by Gasteiger charge is 2.30. The Labute approximate surface area is 192 Å². The van der Waals surface area contributed by atoms with Crippen molar-refractivity contribution in [2.24, 2.45) is 0 Å². The fraction of sp³-hybridized carbons (Fsp3) is 0.320. The van der Waals surface area contributed by atoms with Crippen LogP contribution in [0.5, 0.6) is 0 Å². The molecule has 0 fully saturated rings. The van der Waals surface area contributed by atoms with E-state index in [2.05, 4.69) is 10.6 Å². The van der Waals surface area contributed by atoms with E-state index >= 15 is 0 Å². The van der Waals surface area contributed by atoms with Crippen LogP contribution in [0.3, 0.4) is 0 Å². The molecule has 1 aliphatic carbocycles. The number of carbonyl (C=O) groups excluding carboxylic acids is 2. The summed E-state index contributed by atoms with van der Waals surface area (Å²) in [6.45, 7) is 3.01. The molecule has 8 nitrogen and oxygen atoms in total. The molecule has 33 heavy (non-hydrogen) atoms. The summed E-state index contributed by atoms with van der Waals surface area (Å²) in [5, 5.41) is 23.0. The molecule has 0 saturated heterocycles. The van der Waals surface area contributed by atoms with Crippen LogP contribution in [0.1, 0.15) is 37.3 Å². The van der Waals surface area contributed by atoms with Crippen LogP contribution in [0.4, 0.5) is 4.79 Å². The van der Waals surface area contributed by atoms with E-state index in [0.29, 0.717) is 0 Å². The van der Waals surface area contributed by atoms with Crippen molar-refractivity contribution in [3.8, 4) is 11.1 Å². The molecule has 4 N–H and O–H groups in total. The summed E-state index contributed by atoms with van der Waals surface area (Å²) in [6, 6.07) is 13.4. The predicted molar refractivity (Wildman–Crippen MR) is 123 cm³/mol. The highest BCUT2D eigenvalue weighted by atomic mass is 16.5. The van der Waals surface area contributed by atoms with Crippen LogP contribution in [-0.2, 0) is 14.3 Å². The summed E-state index contributed by atoms with van der Waals surface area (Å²) in [4.78, 5) is 36.3. The largest absolute Gasteiger partial charge is 0.480 e. The highest BCUT2D eigenvalue weighted by molar-refractivity contribution is 5.89. The molecule has 2 aromatic carbocycles. The maximum Gasteiger partial charge on any atom is 0.407 e. The summed E-state index contributed by atoms with van der Waals surface area (Å²) in [7, 11) is 0. The molecule has 3 rings (SSSR count). The Kier molecular flexibility index (Phi) is 7.84. The lowest BCUT2D eigenvalue weighted by Crippen LogP contribution is -2.52. The van der Waals surface area contributed by atoms with Gasteiger partial charge in [0.05, 0.1) is 6.61 Å². The Morgan fingerprint density at radius 1 is 0.970 bits per heavy atom. The first kappa shape index (κ1) is 24.0. The summed E-state index contributed by atoms with van der Waals surface area (Å²) in [6.07, 6.45) is 1.12. The third kappa shape index (κ3) is 5.78. The number of nitrogens with one attached hydrogen (secondary N) is 2. The van der Waals surface area contributed by atoms with Crippen molar-refractivity contribution < 1.29 is 29.3 Å². The van der Waals surface area contributed by atoms with Crippen molar-refractivity contribution in [1.29, 1.82) is 0 Å². The number of carboxylic acid groups (broad SMARTS) is 1. The number of ether oxygens (including phenoxy) is 1. The smallest absolute Gasteiger partial charge is 0.407 e. The molecule has 2 aromatic rings. The zero-order valence-electron chi connectivity index (χ0n) is 18.6. The first-order valence-corrected chi connectivity index (χ1v) is 10.7. The van der Waals surface area contributed by atoms with E-state index in [1.165, 1.54) is 0 Å². The minimum atomic E-state index is -1.46. The topological polar surface area (TPSA) is 125 Å². The number of carboxylic acids is 1. The van der Waals surface area contributed by atoms with E-state index < -0.39 is 36.7 Å². The normalized spacial score (nSPS) is 13.8. The van der Waals surface area contributed by atoms with Crippen molar-refractivity contribution in [3.05, 3.63) is 71.3 Å². The van der Waals surface area contributed by atoms with Gasteiger partial charge in [-0.15, -0.1) is 0 Å². The van der Waals surface area contributed by atoms with Gasteiger partial charge in [0.15, 0.2) is 0 Å². The number of aliphatic carboxylic acids is 1. The van der Waals surface area contributed by atoms with Gasteiger partial charge in [0.2, 0.25) is 5.91 Å². The number of rotatable bonds is 9. The Hall–Kier alpha value is -3.65. The number of carbonyl (C=O) groups is 3. The maximum absolute atomic E-state index is 12.6. The average molecular weight is 453 g/mol. The van der Waals surface area contributed by atoms with E-state index in [1.807, 2.05) is 62.4 Å². The van der Waals surface area contributed by atoms with Gasteiger partial charge < -0.3 is 25.6 Å². The predicted octanol–water partition coefficient (Wildman–Crippen LogP) is 2.81. The third-order valence-electron chi connectivity index (χ3n) is 5.51. The van der Waals surface area contributed by atoms with Gasteiger partial charge in [0.25, 0.3) is 0 Å². The Bertz CT molecular complexity index is 1010. The van der Waals surface area contributed by atoms with Crippen LogP contribution < -0.4 is 10.6 Å². The van der Waals surface area contributed by atoms with Crippen molar-refractivity contribution in [2.45, 2.75) is 38.3 Å². The summed E-state index contributed by atoms with van der Waals surface area (Å²) < 4.78 is 5.49. The summed E-state index contributed by atoms with van der Waals surface area (Å²) >= 11 is 0. The number of aliphatic hydroxyl groups excluding tert-OH is 1. The molecule has 8 heteroatoms. The van der Waals surface area contributed by atoms with Gasteiger partial charge in [0.1, 0.15) is 18.7 Å². The number of amides is 2. The van der Waals surface area contributed by atoms with Crippen LogP contribution in [0.2, 0.25) is 0 Å². The van der Waals surface area contributed by atoms with Gasteiger partial charge >= 0.3 is 12.1 Å². The molecule has 2 atom stereocenters. The lowest BCUT2D eigenvalue weighted by Gasteiger charge is -2.20. The zero-order chi connectivity index (χ0) is 24.0. The van der Waals surface area contributed by atoms with Crippen LogP contribution in [-0.4, -0.2) is 53.5 Å². The molecule has 0 radical (unpaired) electrons. The molecule has 1 unspecified atom stereocenters. The summed E-state index contributed by atoms with van der Waals surface area (Å²) in [5.74, 6) is -2.21. The Morgan fingerprint density at radius 3 is 2.06 bits per heavy atom. The van der Waals surface area contributed by atoms with Crippen LogP contribution in [0, 0.1) is 0 Å². The number of alkyl carbamates (subject to hydrolysis) is 1. The standard InChI is InChI=1S/C25H28N2O6/c1-15(2)11-12-21(23(29)26-22(13-28)24(30)31)27-25(32)33-14-20-18-9-5-3-7-16(18)17-8-4-6-10-19(17)20/h3-11,20-22,28H,12-14H2,1-2H3,(H,26,29)(H,27,32)(H,30,31)/t21?,22-/m0/s1. The van der Waals surface area contributed by atoms with Crippen LogP contribution >= 0.6 is 0 Å². The monoisotopic (exact) mass is 452 g/mol. The molecule has 0 aliphatic heterocycles. The minimum Gasteiger partial charge on any atom is -0.480 e. The molecule has 0 aromatic heterocycles. The van der Waals surface area contributed by atoms with E-state index in [1.54, 1.807) is 6.08 Å². The SMILES string of the molecule is CC(C)=CCC(NC(=O)OCC1c2ccccc2-c2ccccc21)C(=O)N[C@@H](CO)C(=O)O. The minimum absolute atomic E-state index is 0.0885. The van der Waals surface area contributed by atoms with Crippen LogP contribution in [0.15, 0.2) is 60.2 Å². The van der Waals surface area contributed by atoms with Gasteiger partial charge in [-0.1, -0.05) is 60.2 Å². The quantitative estimate of drug-likeness (QED) is 0.434. The molecular weight excluding hydrogens is 424 g/mol. The number of benzene rings is 2. The summed E-state index contributed by atoms with van der Waals surface area (Å²) in [5.41, 5.74) is 5.27. The lowest BCUT2D eigenvalue weighted by molar-refractivity contribution is -0.143. The second kappa shape index (κ2) is 10.8.